The summed E-state index contributed by atoms with van der Waals surface area (Å²) in [6.45, 7) is 6.22. The van der Waals surface area contributed by atoms with E-state index in [2.05, 4.69) is 10.6 Å². The van der Waals surface area contributed by atoms with Crippen LogP contribution in [-0.2, 0) is 0 Å². The molecule has 2 aromatic rings. The molecule has 0 saturated heterocycles. The van der Waals surface area contributed by atoms with E-state index in [1.54, 1.807) is 6.07 Å². The number of aliphatic hydroxyl groups excluding tert-OH is 1. The third kappa shape index (κ3) is 4.22. The number of hydrogen-bond acceptors (Lipinski definition) is 3. The van der Waals surface area contributed by atoms with Crippen LogP contribution in [0.25, 0.3) is 11.0 Å². The summed E-state index contributed by atoms with van der Waals surface area (Å²) in [6, 6.07) is 3.74. The molecule has 3 N–H and O–H groups in total. The van der Waals surface area contributed by atoms with Gasteiger partial charge in [0, 0.05) is 24.1 Å². The summed E-state index contributed by atoms with van der Waals surface area (Å²) in [6.07, 6.45) is 0.643. The third-order valence-electron chi connectivity index (χ3n) is 3.91. The van der Waals surface area contributed by atoms with E-state index in [0.29, 0.717) is 29.7 Å². The molecule has 23 heavy (non-hydrogen) atoms. The van der Waals surface area contributed by atoms with Crippen LogP contribution in [0.3, 0.4) is 0 Å². The number of urea groups is 1. The molecule has 2 rings (SSSR count). The van der Waals surface area contributed by atoms with E-state index >= 15 is 0 Å². The highest BCUT2D eigenvalue weighted by atomic mass is 19.1. The van der Waals surface area contributed by atoms with Crippen LogP contribution in [0.2, 0.25) is 0 Å². The number of rotatable bonds is 6. The molecular formula is C17H23FN2O3. The molecule has 0 fully saturated rings. The Hall–Kier alpha value is -2.08. The van der Waals surface area contributed by atoms with Gasteiger partial charge in [0.05, 0.1) is 6.04 Å². The number of carbonyl (C=O) groups is 1. The molecule has 1 heterocycles. The Morgan fingerprint density at radius 3 is 2.83 bits per heavy atom. The van der Waals surface area contributed by atoms with Gasteiger partial charge in [0.1, 0.15) is 17.2 Å². The number of aryl methyl sites for hydroxylation is 1. The maximum atomic E-state index is 13.3. The van der Waals surface area contributed by atoms with Gasteiger partial charge in [-0.2, -0.15) is 0 Å². The molecule has 6 heteroatoms. The fourth-order valence-electron chi connectivity index (χ4n) is 2.53. The summed E-state index contributed by atoms with van der Waals surface area (Å²) in [5.41, 5.74) is 1.42. The molecule has 2 amide bonds. The molecule has 0 radical (unpaired) electrons. The van der Waals surface area contributed by atoms with Crippen molar-refractivity contribution >= 4 is 17.0 Å². The number of halogens is 1. The smallest absolute Gasteiger partial charge is 0.315 e. The standard InChI is InChI=1S/C17H23FN2O3/c1-10(6-7-21)9-19-17(22)20-12(3)16-11(2)14-8-13(18)4-5-15(14)23-16/h4-5,8,10,12,21H,6-7,9H2,1-3H3,(H2,19,20,22). The number of furan rings is 1. The number of amides is 2. The first kappa shape index (κ1) is 17.3. The van der Waals surface area contributed by atoms with Gasteiger partial charge >= 0.3 is 6.03 Å². The second-order valence-electron chi connectivity index (χ2n) is 5.93. The fraction of sp³-hybridized carbons (Fsp3) is 0.471. The van der Waals surface area contributed by atoms with E-state index < -0.39 is 0 Å². The molecule has 1 aromatic heterocycles. The number of aliphatic hydroxyl groups is 1. The highest BCUT2D eigenvalue weighted by molar-refractivity contribution is 5.82. The zero-order valence-corrected chi connectivity index (χ0v) is 13.6. The molecule has 0 saturated carbocycles. The number of fused-ring (bicyclic) bond motifs is 1. The van der Waals surface area contributed by atoms with Gasteiger partial charge in [0.2, 0.25) is 0 Å². The van der Waals surface area contributed by atoms with Gasteiger partial charge in [-0.25, -0.2) is 9.18 Å². The average molecular weight is 322 g/mol. The Morgan fingerprint density at radius 1 is 1.39 bits per heavy atom. The molecule has 0 aliphatic carbocycles. The first-order valence-electron chi connectivity index (χ1n) is 7.76. The Bertz CT molecular complexity index is 684. The van der Waals surface area contributed by atoms with Gasteiger partial charge in [-0.3, -0.25) is 0 Å². The third-order valence-corrected chi connectivity index (χ3v) is 3.91. The minimum absolute atomic E-state index is 0.107. The first-order valence-corrected chi connectivity index (χ1v) is 7.76. The van der Waals surface area contributed by atoms with Crippen molar-refractivity contribution in [2.45, 2.75) is 33.2 Å². The van der Waals surface area contributed by atoms with Crippen LogP contribution in [0.4, 0.5) is 9.18 Å². The molecule has 1 aromatic carbocycles. The van der Waals surface area contributed by atoms with Gasteiger partial charge in [0.15, 0.2) is 0 Å². The lowest BCUT2D eigenvalue weighted by Crippen LogP contribution is -2.39. The lowest BCUT2D eigenvalue weighted by atomic mass is 10.1. The van der Waals surface area contributed by atoms with Gasteiger partial charge in [-0.15, -0.1) is 0 Å². The lowest BCUT2D eigenvalue weighted by molar-refractivity contribution is 0.230. The Morgan fingerprint density at radius 2 is 2.13 bits per heavy atom. The highest BCUT2D eigenvalue weighted by Crippen LogP contribution is 2.29. The Kier molecular flexibility index (Phi) is 5.60. The summed E-state index contributed by atoms with van der Waals surface area (Å²) < 4.78 is 19.1. The molecule has 5 nitrogen and oxygen atoms in total. The van der Waals surface area contributed by atoms with Crippen molar-refractivity contribution in [2.24, 2.45) is 5.92 Å². The monoisotopic (exact) mass is 322 g/mol. The zero-order valence-electron chi connectivity index (χ0n) is 13.6. The maximum Gasteiger partial charge on any atom is 0.315 e. The van der Waals surface area contributed by atoms with E-state index in [-0.39, 0.29) is 30.4 Å². The topological polar surface area (TPSA) is 74.5 Å². The highest BCUT2D eigenvalue weighted by Gasteiger charge is 2.18. The summed E-state index contributed by atoms with van der Waals surface area (Å²) >= 11 is 0. The summed E-state index contributed by atoms with van der Waals surface area (Å²) in [5, 5.41) is 15.1. The van der Waals surface area contributed by atoms with Crippen LogP contribution in [0.15, 0.2) is 22.6 Å². The number of nitrogens with one attached hydrogen (secondary N) is 2. The minimum Gasteiger partial charge on any atom is -0.459 e. The number of benzene rings is 1. The molecule has 0 aliphatic rings. The summed E-state index contributed by atoms with van der Waals surface area (Å²) in [5.74, 6) is 0.505. The molecule has 0 spiro atoms. The van der Waals surface area contributed by atoms with Crippen LogP contribution >= 0.6 is 0 Å². The van der Waals surface area contributed by atoms with E-state index in [4.69, 9.17) is 9.52 Å². The van der Waals surface area contributed by atoms with Crippen molar-refractivity contribution in [3.05, 3.63) is 35.3 Å². The van der Waals surface area contributed by atoms with Crippen molar-refractivity contribution in [1.29, 1.82) is 0 Å². The van der Waals surface area contributed by atoms with Crippen molar-refractivity contribution in [2.75, 3.05) is 13.2 Å². The molecule has 0 aliphatic heterocycles. The zero-order chi connectivity index (χ0) is 17.0. The summed E-state index contributed by atoms with van der Waals surface area (Å²) in [4.78, 5) is 11.9. The molecule has 126 valence electrons. The van der Waals surface area contributed by atoms with Crippen molar-refractivity contribution < 1.29 is 18.7 Å². The van der Waals surface area contributed by atoms with E-state index in [1.807, 2.05) is 20.8 Å². The van der Waals surface area contributed by atoms with Crippen LogP contribution < -0.4 is 10.6 Å². The minimum atomic E-state index is -0.335. The summed E-state index contributed by atoms with van der Waals surface area (Å²) in [7, 11) is 0. The van der Waals surface area contributed by atoms with E-state index in [0.717, 1.165) is 5.56 Å². The lowest BCUT2D eigenvalue weighted by Gasteiger charge is -2.15. The Labute approximate surface area is 134 Å². The average Bonchev–Trinajstić information content (AvgIpc) is 2.82. The van der Waals surface area contributed by atoms with Gasteiger partial charge in [0.25, 0.3) is 0 Å². The van der Waals surface area contributed by atoms with Crippen LogP contribution in [0.1, 0.15) is 37.6 Å². The maximum absolute atomic E-state index is 13.3. The molecule has 0 bridgehead atoms. The van der Waals surface area contributed by atoms with E-state index in [1.165, 1.54) is 12.1 Å². The van der Waals surface area contributed by atoms with Crippen molar-refractivity contribution in [1.82, 2.24) is 10.6 Å². The number of hydrogen-bond donors (Lipinski definition) is 3. The SMILES string of the molecule is Cc1c(C(C)NC(=O)NCC(C)CCO)oc2ccc(F)cc12. The second-order valence-corrected chi connectivity index (χ2v) is 5.93. The number of carbonyl (C=O) groups excluding carboxylic acids is 1. The van der Waals surface area contributed by atoms with Gasteiger partial charge in [-0.05, 0) is 44.4 Å². The van der Waals surface area contributed by atoms with Crippen LogP contribution in [0, 0.1) is 18.7 Å². The first-order chi connectivity index (χ1) is 10.9. The Balaban J connectivity index is 2.02. The van der Waals surface area contributed by atoms with Crippen molar-refractivity contribution in [3.8, 4) is 0 Å². The predicted molar refractivity (Wildman–Crippen MR) is 86.7 cm³/mol. The van der Waals surface area contributed by atoms with Gasteiger partial charge in [-0.1, -0.05) is 6.92 Å². The van der Waals surface area contributed by atoms with Crippen molar-refractivity contribution in [3.63, 3.8) is 0 Å². The fourth-order valence-corrected chi connectivity index (χ4v) is 2.53. The second kappa shape index (κ2) is 7.46. The normalized spacial score (nSPS) is 13.8. The predicted octanol–water partition coefficient (Wildman–Crippen LogP) is 3.26. The molecular weight excluding hydrogens is 299 g/mol. The molecule has 2 unspecified atom stereocenters. The van der Waals surface area contributed by atoms with E-state index in [9.17, 15) is 9.18 Å². The van der Waals surface area contributed by atoms with Crippen LogP contribution in [-0.4, -0.2) is 24.3 Å². The largest absolute Gasteiger partial charge is 0.459 e. The van der Waals surface area contributed by atoms with Gasteiger partial charge < -0.3 is 20.2 Å². The molecule has 2 atom stereocenters. The quantitative estimate of drug-likeness (QED) is 0.764. The van der Waals surface area contributed by atoms with Crippen LogP contribution in [0.5, 0.6) is 0 Å².